The Balaban J connectivity index is 2.43. The van der Waals surface area contributed by atoms with Gasteiger partial charge in [0, 0.05) is 6.04 Å². The second-order valence-electron chi connectivity index (χ2n) is 7.00. The standard InChI is InChI=1S/C17H25NO2/c1-16(2)11-10-14(12-8-6-7-9-13(12)16)18(5)17(3,4)15(19)20/h6-9,14H,10-11H2,1-5H3,(H,19,20). The molecule has 3 heteroatoms. The van der Waals surface area contributed by atoms with E-state index in [4.69, 9.17) is 0 Å². The van der Waals surface area contributed by atoms with Crippen molar-refractivity contribution in [1.82, 2.24) is 4.90 Å². The predicted molar refractivity (Wildman–Crippen MR) is 80.9 cm³/mol. The van der Waals surface area contributed by atoms with E-state index in [1.165, 1.54) is 11.1 Å². The average Bonchev–Trinajstić information content (AvgIpc) is 2.38. The summed E-state index contributed by atoms with van der Waals surface area (Å²) in [5.74, 6) is -0.776. The van der Waals surface area contributed by atoms with Crippen LogP contribution in [0.1, 0.15) is 57.7 Å². The lowest BCUT2D eigenvalue weighted by molar-refractivity contribution is -0.150. The van der Waals surface area contributed by atoms with Crippen LogP contribution in [0.4, 0.5) is 0 Å². The lowest BCUT2D eigenvalue weighted by Gasteiger charge is -2.45. The molecule has 1 atom stereocenters. The molecule has 1 aromatic rings. The Morgan fingerprint density at radius 3 is 2.55 bits per heavy atom. The van der Waals surface area contributed by atoms with Gasteiger partial charge in [0.05, 0.1) is 0 Å². The Morgan fingerprint density at radius 1 is 1.35 bits per heavy atom. The van der Waals surface area contributed by atoms with Gasteiger partial charge >= 0.3 is 5.97 Å². The number of carbonyl (C=O) groups is 1. The molecule has 0 radical (unpaired) electrons. The van der Waals surface area contributed by atoms with Gasteiger partial charge in [-0.2, -0.15) is 0 Å². The van der Waals surface area contributed by atoms with Crippen LogP contribution in [0.25, 0.3) is 0 Å². The number of aliphatic carboxylic acids is 1. The molecule has 20 heavy (non-hydrogen) atoms. The molecule has 110 valence electrons. The summed E-state index contributed by atoms with van der Waals surface area (Å²) in [5, 5.41) is 9.45. The normalized spacial score (nSPS) is 21.6. The monoisotopic (exact) mass is 275 g/mol. The van der Waals surface area contributed by atoms with Crippen molar-refractivity contribution in [3.05, 3.63) is 35.4 Å². The number of hydrogen-bond donors (Lipinski definition) is 1. The van der Waals surface area contributed by atoms with Crippen LogP contribution in [0, 0.1) is 0 Å². The number of rotatable bonds is 3. The van der Waals surface area contributed by atoms with Crippen LogP contribution in [0.5, 0.6) is 0 Å². The Hall–Kier alpha value is -1.35. The highest BCUT2D eigenvalue weighted by Crippen LogP contribution is 2.44. The zero-order valence-electron chi connectivity index (χ0n) is 13.1. The molecule has 3 nitrogen and oxygen atoms in total. The summed E-state index contributed by atoms with van der Waals surface area (Å²) in [5.41, 5.74) is 1.94. The molecule has 0 amide bonds. The van der Waals surface area contributed by atoms with Gasteiger partial charge in [0.2, 0.25) is 0 Å². The van der Waals surface area contributed by atoms with E-state index in [0.717, 1.165) is 12.8 Å². The highest BCUT2D eigenvalue weighted by molar-refractivity contribution is 5.77. The molecule has 0 saturated carbocycles. The van der Waals surface area contributed by atoms with E-state index < -0.39 is 11.5 Å². The molecule has 0 saturated heterocycles. The third-order valence-corrected chi connectivity index (χ3v) is 4.96. The number of carboxylic acids is 1. The van der Waals surface area contributed by atoms with Crippen molar-refractivity contribution < 1.29 is 9.90 Å². The first-order valence-electron chi connectivity index (χ1n) is 7.23. The summed E-state index contributed by atoms with van der Waals surface area (Å²) in [6.07, 6.45) is 2.08. The van der Waals surface area contributed by atoms with Crippen LogP contribution in [-0.4, -0.2) is 28.6 Å². The van der Waals surface area contributed by atoms with Gasteiger partial charge in [-0.1, -0.05) is 38.1 Å². The van der Waals surface area contributed by atoms with E-state index in [0.29, 0.717) is 0 Å². The zero-order chi connectivity index (χ0) is 15.1. The number of nitrogens with zero attached hydrogens (tertiary/aromatic N) is 1. The van der Waals surface area contributed by atoms with Gasteiger partial charge in [0.25, 0.3) is 0 Å². The third-order valence-electron chi connectivity index (χ3n) is 4.96. The molecule has 1 aliphatic rings. The van der Waals surface area contributed by atoms with Gasteiger partial charge in [-0.25, -0.2) is 0 Å². The maximum absolute atomic E-state index is 11.5. The van der Waals surface area contributed by atoms with Crippen molar-refractivity contribution in [2.24, 2.45) is 0 Å². The van der Waals surface area contributed by atoms with Crippen molar-refractivity contribution in [2.75, 3.05) is 7.05 Å². The van der Waals surface area contributed by atoms with E-state index in [9.17, 15) is 9.90 Å². The van der Waals surface area contributed by atoms with E-state index >= 15 is 0 Å². The zero-order valence-corrected chi connectivity index (χ0v) is 13.1. The SMILES string of the molecule is CN(C1CCC(C)(C)c2ccccc21)C(C)(C)C(=O)O. The number of carboxylic acid groups (broad SMARTS) is 1. The fraction of sp³-hybridized carbons (Fsp3) is 0.588. The summed E-state index contributed by atoms with van der Waals surface area (Å²) in [4.78, 5) is 13.5. The summed E-state index contributed by atoms with van der Waals surface area (Å²) in [6.45, 7) is 8.09. The van der Waals surface area contributed by atoms with Crippen LogP contribution < -0.4 is 0 Å². The van der Waals surface area contributed by atoms with Crippen molar-refractivity contribution in [3.8, 4) is 0 Å². The lowest BCUT2D eigenvalue weighted by atomic mass is 9.70. The van der Waals surface area contributed by atoms with Crippen LogP contribution >= 0.6 is 0 Å². The minimum absolute atomic E-state index is 0.168. The topological polar surface area (TPSA) is 40.5 Å². The van der Waals surface area contributed by atoms with Crippen LogP contribution in [0.3, 0.4) is 0 Å². The molecule has 1 N–H and O–H groups in total. The average molecular weight is 275 g/mol. The van der Waals surface area contributed by atoms with Gasteiger partial charge in [0.1, 0.15) is 5.54 Å². The van der Waals surface area contributed by atoms with Gasteiger partial charge in [-0.15, -0.1) is 0 Å². The Morgan fingerprint density at radius 2 is 1.95 bits per heavy atom. The van der Waals surface area contributed by atoms with Gasteiger partial charge < -0.3 is 5.11 Å². The molecule has 0 aliphatic heterocycles. The highest BCUT2D eigenvalue weighted by Gasteiger charge is 2.41. The maximum Gasteiger partial charge on any atom is 0.323 e. The molecule has 1 aromatic carbocycles. The smallest absolute Gasteiger partial charge is 0.323 e. The minimum Gasteiger partial charge on any atom is -0.480 e. The van der Waals surface area contributed by atoms with Crippen molar-refractivity contribution in [1.29, 1.82) is 0 Å². The van der Waals surface area contributed by atoms with Crippen molar-refractivity contribution >= 4 is 5.97 Å². The van der Waals surface area contributed by atoms with Crippen LogP contribution in [0.15, 0.2) is 24.3 Å². The Kier molecular flexibility index (Phi) is 3.67. The maximum atomic E-state index is 11.5. The van der Waals surface area contributed by atoms with Crippen molar-refractivity contribution in [3.63, 3.8) is 0 Å². The van der Waals surface area contributed by atoms with E-state index in [1.54, 1.807) is 13.8 Å². The molecule has 0 bridgehead atoms. The molecule has 2 rings (SSSR count). The van der Waals surface area contributed by atoms with E-state index in [-0.39, 0.29) is 11.5 Å². The largest absolute Gasteiger partial charge is 0.480 e. The first-order chi connectivity index (χ1) is 9.18. The Labute approximate surface area is 121 Å². The third kappa shape index (κ3) is 2.35. The molecule has 1 unspecified atom stereocenters. The van der Waals surface area contributed by atoms with Crippen LogP contribution in [0.2, 0.25) is 0 Å². The molecule has 0 spiro atoms. The minimum atomic E-state index is -0.862. The number of benzene rings is 1. The fourth-order valence-electron chi connectivity index (χ4n) is 3.13. The van der Waals surface area contributed by atoms with Gasteiger partial charge in [-0.3, -0.25) is 9.69 Å². The first kappa shape index (κ1) is 15.0. The summed E-state index contributed by atoms with van der Waals surface area (Å²) >= 11 is 0. The van der Waals surface area contributed by atoms with Gasteiger partial charge in [-0.05, 0) is 50.3 Å². The molecule has 1 aliphatic carbocycles. The Bertz CT molecular complexity index is 519. The summed E-state index contributed by atoms with van der Waals surface area (Å²) < 4.78 is 0. The van der Waals surface area contributed by atoms with Crippen LogP contribution in [-0.2, 0) is 10.2 Å². The van der Waals surface area contributed by atoms with E-state index in [2.05, 4.69) is 38.1 Å². The van der Waals surface area contributed by atoms with Gasteiger partial charge in [0.15, 0.2) is 0 Å². The fourth-order valence-corrected chi connectivity index (χ4v) is 3.13. The summed E-state index contributed by atoms with van der Waals surface area (Å²) in [6, 6.07) is 8.63. The first-order valence-corrected chi connectivity index (χ1v) is 7.23. The lowest BCUT2D eigenvalue weighted by Crippen LogP contribution is -2.50. The second-order valence-corrected chi connectivity index (χ2v) is 7.00. The van der Waals surface area contributed by atoms with Crippen molar-refractivity contribution in [2.45, 2.75) is 57.5 Å². The number of fused-ring (bicyclic) bond motifs is 1. The second kappa shape index (κ2) is 4.88. The highest BCUT2D eigenvalue weighted by atomic mass is 16.4. The molecular formula is C17H25NO2. The quantitative estimate of drug-likeness (QED) is 0.916. The van der Waals surface area contributed by atoms with E-state index in [1.807, 2.05) is 11.9 Å². The summed E-state index contributed by atoms with van der Waals surface area (Å²) in [7, 11) is 1.92. The predicted octanol–water partition coefficient (Wildman–Crippen LogP) is 3.59. The number of hydrogen-bond acceptors (Lipinski definition) is 2. The molecule has 0 aromatic heterocycles. The number of likely N-dealkylation sites (N-methyl/N-ethyl adjacent to an activating group) is 1. The molecule has 0 fully saturated rings. The molecule has 0 heterocycles. The molecular weight excluding hydrogens is 250 g/mol.